The number of nitrogens with zero attached hydrogens (tertiary/aromatic N) is 4. The van der Waals surface area contributed by atoms with Gasteiger partial charge < -0.3 is 28.4 Å². The summed E-state index contributed by atoms with van der Waals surface area (Å²) in [5.74, 6) is 0. The van der Waals surface area contributed by atoms with Crippen molar-refractivity contribution in [3.05, 3.63) is 484 Å². The molecule has 0 aliphatic rings. The molecule has 0 bridgehead atoms. The van der Waals surface area contributed by atoms with E-state index in [0.29, 0.717) is 0 Å². The van der Waals surface area contributed by atoms with E-state index in [1.165, 1.54) is 131 Å². The Morgan fingerprint density at radius 1 is 0.154 bits per heavy atom. The van der Waals surface area contributed by atoms with E-state index in [4.69, 9.17) is 8.83 Å². The predicted octanol–water partition coefficient (Wildman–Crippen LogP) is 35.8. The SMILES string of the molecule is Cc1ccc(N(c2ccc(-c3ccc4ccc5c(N(c6ccccc6)c6ccc7oc8ccccc8c7c6)ccc6ccc3c4c65)cc2)c2ccc(-c3ccccc3)cc2-c2ccccc2)cc1.Cc1ccc(N(c2ccc(-c3ccc4ccc5c(N(c6ccccc6)c6ccc7oc8ccccc8c7c6)ccc6ccc3c4c65)cc2)c2ccccc2-c2ccccc2)cc1. The second kappa shape index (κ2) is 32.2. The molecule has 0 spiro atoms. The number of rotatable bonds is 17. The van der Waals surface area contributed by atoms with Crippen LogP contribution in [0.3, 0.4) is 0 Å². The van der Waals surface area contributed by atoms with Gasteiger partial charge in [-0.05, 0) is 264 Å². The third-order valence-corrected chi connectivity index (χ3v) is 26.1. The number of para-hydroxylation sites is 5. The number of anilines is 12. The minimum absolute atomic E-state index is 0.885. The molecule has 130 heavy (non-hydrogen) atoms. The molecular weight excluding hydrogens is 1580 g/mol. The highest BCUT2D eigenvalue weighted by atomic mass is 16.3. The van der Waals surface area contributed by atoms with E-state index in [2.05, 4.69) is 482 Å². The van der Waals surface area contributed by atoms with Crippen molar-refractivity contribution in [2.45, 2.75) is 13.8 Å². The summed E-state index contributed by atoms with van der Waals surface area (Å²) in [4.78, 5) is 9.56. The Bertz CT molecular complexity index is 8530. The molecule has 612 valence electrons. The lowest BCUT2D eigenvalue weighted by Gasteiger charge is -2.29. The molecule has 0 N–H and O–H groups in total. The van der Waals surface area contributed by atoms with Crippen molar-refractivity contribution in [2.24, 2.45) is 0 Å². The predicted molar refractivity (Wildman–Crippen MR) is 550 cm³/mol. The number of aryl methyl sites for hydroxylation is 2. The third kappa shape index (κ3) is 13.5. The molecule has 0 aliphatic heterocycles. The normalized spacial score (nSPS) is 11.6. The Kier molecular flexibility index (Phi) is 19.0. The van der Waals surface area contributed by atoms with Gasteiger partial charge in [-0.25, -0.2) is 0 Å². The van der Waals surface area contributed by atoms with Crippen LogP contribution in [0.5, 0.6) is 0 Å². The molecule has 0 saturated carbocycles. The molecule has 2 aromatic heterocycles. The van der Waals surface area contributed by atoms with Crippen LogP contribution in [0.2, 0.25) is 0 Å². The van der Waals surface area contributed by atoms with Gasteiger partial charge in [0.15, 0.2) is 0 Å². The van der Waals surface area contributed by atoms with E-state index >= 15 is 0 Å². The van der Waals surface area contributed by atoms with Crippen LogP contribution in [0.1, 0.15) is 11.1 Å². The van der Waals surface area contributed by atoms with Crippen LogP contribution in [0.15, 0.2) is 482 Å². The van der Waals surface area contributed by atoms with E-state index in [1.54, 1.807) is 0 Å². The minimum atomic E-state index is 0.885. The van der Waals surface area contributed by atoms with Crippen LogP contribution in [-0.2, 0) is 0 Å². The van der Waals surface area contributed by atoms with Gasteiger partial charge in [0.2, 0.25) is 0 Å². The van der Waals surface area contributed by atoms with E-state index in [-0.39, 0.29) is 0 Å². The first-order valence-electron chi connectivity index (χ1n) is 44.6. The lowest BCUT2D eigenvalue weighted by molar-refractivity contribution is 0.668. The summed E-state index contributed by atoms with van der Waals surface area (Å²) < 4.78 is 12.5. The first-order valence-corrected chi connectivity index (χ1v) is 44.6. The quantitative estimate of drug-likeness (QED) is 0.0846. The fourth-order valence-corrected chi connectivity index (χ4v) is 19.9. The zero-order valence-electron chi connectivity index (χ0n) is 71.6. The number of hydrogen-bond acceptors (Lipinski definition) is 6. The smallest absolute Gasteiger partial charge is 0.135 e. The monoisotopic (exact) mass is 1660 g/mol. The van der Waals surface area contributed by atoms with Gasteiger partial charge in [0.25, 0.3) is 0 Å². The minimum Gasteiger partial charge on any atom is -0.456 e. The molecule has 0 unspecified atom stereocenters. The number of benzene rings is 23. The standard InChI is InChI=1S/C65H44N2O.C59H40N2O/c1-43-21-30-51(31-22-43)66(61-39-29-49(44-13-5-2-6-14-44)41-58(61)45-15-7-3-8-16-45)52-32-23-46(24-33-52)54-35-25-47-27-37-57-60(38-28-48-26-36-56(54)64(47)65(48)57)67(50-17-9-4-10-18-50)53-34-40-63-59(42-53)55-19-11-12-20-62(55)68-63;1-39-20-28-45(29-21-39)60(54-18-10-8-16-49(54)40-12-4-2-5-13-40)46-30-22-41(23-31-46)48-33-24-42-26-35-52-55(36-27-43-25-34-51(48)58(42)59(43)52)61(44-14-6-3-7-15-44)47-32-37-57-53(38-47)50-17-9-11-19-56(50)62-57/h2-42H,1H3;2-38H,1H3. The Hall–Kier alpha value is -17.1. The molecule has 0 amide bonds. The van der Waals surface area contributed by atoms with Crippen molar-refractivity contribution in [1.82, 2.24) is 0 Å². The second-order valence-corrected chi connectivity index (χ2v) is 33.9. The number of hydrogen-bond donors (Lipinski definition) is 0. The van der Waals surface area contributed by atoms with Crippen LogP contribution >= 0.6 is 0 Å². The molecule has 0 radical (unpaired) electrons. The summed E-state index contributed by atoms with van der Waals surface area (Å²) in [5.41, 5.74) is 31.2. The lowest BCUT2D eigenvalue weighted by Crippen LogP contribution is -2.11. The van der Waals surface area contributed by atoms with Gasteiger partial charge >= 0.3 is 0 Å². The van der Waals surface area contributed by atoms with Crippen LogP contribution in [-0.4, -0.2) is 0 Å². The van der Waals surface area contributed by atoms with Crippen LogP contribution in [0, 0.1) is 13.8 Å². The van der Waals surface area contributed by atoms with Gasteiger partial charge in [-0.2, -0.15) is 0 Å². The van der Waals surface area contributed by atoms with Crippen LogP contribution in [0.4, 0.5) is 68.2 Å². The van der Waals surface area contributed by atoms with Gasteiger partial charge in [0.05, 0.1) is 22.7 Å². The van der Waals surface area contributed by atoms with Gasteiger partial charge in [-0.15, -0.1) is 0 Å². The van der Waals surface area contributed by atoms with Gasteiger partial charge in [0.1, 0.15) is 22.3 Å². The highest BCUT2D eigenvalue weighted by Crippen LogP contribution is 2.52. The first-order chi connectivity index (χ1) is 64.3. The van der Waals surface area contributed by atoms with Crippen molar-refractivity contribution in [3.63, 3.8) is 0 Å². The summed E-state index contributed by atoms with van der Waals surface area (Å²) in [7, 11) is 0. The highest BCUT2D eigenvalue weighted by molar-refractivity contribution is 6.30. The van der Waals surface area contributed by atoms with Crippen molar-refractivity contribution in [3.8, 4) is 55.6 Å². The number of furan rings is 2. The van der Waals surface area contributed by atoms with Crippen LogP contribution < -0.4 is 19.6 Å². The maximum Gasteiger partial charge on any atom is 0.135 e. The molecule has 0 aliphatic carbocycles. The summed E-state index contributed by atoms with van der Waals surface area (Å²) in [6.07, 6.45) is 0. The molecule has 25 rings (SSSR count). The zero-order chi connectivity index (χ0) is 86.3. The molecule has 0 fully saturated rings. The molecule has 2 heterocycles. The van der Waals surface area contributed by atoms with Gasteiger partial charge in [-0.1, -0.05) is 333 Å². The Balaban J connectivity index is 0.000000145. The maximum absolute atomic E-state index is 6.27. The molecule has 23 aromatic carbocycles. The Labute approximate surface area is 753 Å². The fourth-order valence-electron chi connectivity index (χ4n) is 19.9. The first kappa shape index (κ1) is 76.6. The molecule has 25 aromatic rings. The molecule has 0 atom stereocenters. The second-order valence-electron chi connectivity index (χ2n) is 33.9. The zero-order valence-corrected chi connectivity index (χ0v) is 71.6. The van der Waals surface area contributed by atoms with E-state index in [0.717, 1.165) is 112 Å². The average Bonchev–Trinajstić information content (AvgIpc) is 0.800. The lowest BCUT2D eigenvalue weighted by atomic mass is 9.89. The Morgan fingerprint density at radius 3 is 0.892 bits per heavy atom. The summed E-state index contributed by atoms with van der Waals surface area (Å²) in [6, 6.07) is 171. The van der Waals surface area contributed by atoms with E-state index < -0.39 is 0 Å². The van der Waals surface area contributed by atoms with Gasteiger partial charge in [-0.3, -0.25) is 0 Å². The average molecular weight is 1660 g/mol. The Morgan fingerprint density at radius 2 is 0.446 bits per heavy atom. The van der Waals surface area contributed by atoms with Crippen molar-refractivity contribution in [2.75, 3.05) is 19.6 Å². The summed E-state index contributed by atoms with van der Waals surface area (Å²) in [5, 5.41) is 19.3. The van der Waals surface area contributed by atoms with Gasteiger partial charge in [0, 0.05) is 88.9 Å². The maximum atomic E-state index is 6.27. The summed E-state index contributed by atoms with van der Waals surface area (Å²) in [6.45, 7) is 4.29. The largest absolute Gasteiger partial charge is 0.456 e. The topological polar surface area (TPSA) is 39.2 Å². The number of fused-ring (bicyclic) bond motifs is 6. The van der Waals surface area contributed by atoms with Crippen molar-refractivity contribution < 1.29 is 8.83 Å². The van der Waals surface area contributed by atoms with E-state index in [9.17, 15) is 0 Å². The molecule has 6 nitrogen and oxygen atoms in total. The fraction of sp³-hybridized carbons (Fsp3) is 0.0161. The third-order valence-electron chi connectivity index (χ3n) is 26.1. The molecule has 6 heteroatoms. The molecule has 0 saturated heterocycles. The van der Waals surface area contributed by atoms with E-state index in [1.807, 2.05) is 24.3 Å². The molecular formula is C124H84N4O2. The van der Waals surface area contributed by atoms with Crippen molar-refractivity contribution >= 4 is 177 Å². The highest BCUT2D eigenvalue weighted by Gasteiger charge is 2.27. The van der Waals surface area contributed by atoms with Crippen LogP contribution in [0.25, 0.3) is 164 Å². The summed E-state index contributed by atoms with van der Waals surface area (Å²) >= 11 is 0. The van der Waals surface area contributed by atoms with Crippen molar-refractivity contribution in [1.29, 1.82) is 0 Å².